The minimum atomic E-state index is 0.739. The molecule has 0 amide bonds. The molecule has 4 heteroatoms. The Morgan fingerprint density at radius 2 is 1.95 bits per heavy atom. The van der Waals surface area contributed by atoms with Crippen LogP contribution in [0.2, 0.25) is 0 Å². The SMILES string of the molecule is COc1ccc2c(c1)N=[N+](c1ccccc1)CN2C. The number of benzene rings is 2. The van der Waals surface area contributed by atoms with Crippen molar-refractivity contribution in [2.24, 2.45) is 5.11 Å². The van der Waals surface area contributed by atoms with Crippen LogP contribution in [0.4, 0.5) is 17.1 Å². The van der Waals surface area contributed by atoms with Gasteiger partial charge in [-0.05, 0) is 12.1 Å². The van der Waals surface area contributed by atoms with Crippen molar-refractivity contribution in [1.82, 2.24) is 0 Å². The van der Waals surface area contributed by atoms with Crippen molar-refractivity contribution in [3.05, 3.63) is 48.5 Å². The van der Waals surface area contributed by atoms with E-state index >= 15 is 0 Å². The molecule has 0 fully saturated rings. The summed E-state index contributed by atoms with van der Waals surface area (Å²) in [5.74, 6) is 0.825. The predicted octanol–water partition coefficient (Wildman–Crippen LogP) is 3.53. The molecule has 2 aromatic carbocycles. The van der Waals surface area contributed by atoms with Gasteiger partial charge >= 0.3 is 0 Å². The number of anilines is 1. The second-order valence-corrected chi connectivity index (χ2v) is 4.53. The summed E-state index contributed by atoms with van der Waals surface area (Å²) in [6.45, 7) is 0.739. The molecule has 1 aliphatic rings. The Balaban J connectivity index is 2.07. The van der Waals surface area contributed by atoms with Crippen molar-refractivity contribution in [1.29, 1.82) is 0 Å². The molecule has 1 aliphatic heterocycles. The number of nitrogens with zero attached hydrogens (tertiary/aromatic N) is 3. The standard InChI is InChI=1S/C15H16N3O/c1-17-11-18(12-6-4-3-5-7-12)16-14-10-13(19-2)8-9-15(14)17/h3-10H,11H2,1-2H3/q+1. The maximum atomic E-state index is 5.26. The largest absolute Gasteiger partial charge is 0.497 e. The van der Waals surface area contributed by atoms with Crippen molar-refractivity contribution in [3.8, 4) is 5.75 Å². The van der Waals surface area contributed by atoms with Gasteiger partial charge in [0.25, 0.3) is 6.67 Å². The Hall–Kier alpha value is -2.36. The molecule has 4 nitrogen and oxygen atoms in total. The summed E-state index contributed by atoms with van der Waals surface area (Å²) in [6.07, 6.45) is 0. The Morgan fingerprint density at radius 3 is 2.68 bits per heavy atom. The third-order valence-electron chi connectivity index (χ3n) is 3.22. The highest BCUT2D eigenvalue weighted by Gasteiger charge is 2.23. The van der Waals surface area contributed by atoms with Crippen LogP contribution in [0.5, 0.6) is 5.75 Å². The Kier molecular flexibility index (Phi) is 2.91. The second kappa shape index (κ2) is 4.72. The lowest BCUT2D eigenvalue weighted by atomic mass is 10.2. The van der Waals surface area contributed by atoms with E-state index in [1.54, 1.807) is 7.11 Å². The summed E-state index contributed by atoms with van der Waals surface area (Å²) in [5.41, 5.74) is 3.13. The average Bonchev–Trinajstić information content (AvgIpc) is 2.47. The molecule has 0 spiro atoms. The predicted molar refractivity (Wildman–Crippen MR) is 74.7 cm³/mol. The van der Waals surface area contributed by atoms with E-state index < -0.39 is 0 Å². The lowest BCUT2D eigenvalue weighted by molar-refractivity contribution is -0.509. The molecular formula is C15H16N3O+. The maximum absolute atomic E-state index is 5.26. The molecule has 0 N–H and O–H groups in total. The van der Waals surface area contributed by atoms with Gasteiger partial charge in [-0.25, -0.2) is 0 Å². The topological polar surface area (TPSA) is 27.8 Å². The molecule has 19 heavy (non-hydrogen) atoms. The van der Waals surface area contributed by atoms with Gasteiger partial charge in [-0.2, -0.15) is 0 Å². The fraction of sp³-hybridized carbons (Fsp3) is 0.200. The summed E-state index contributed by atoms with van der Waals surface area (Å²) < 4.78 is 7.25. The molecule has 0 saturated carbocycles. The zero-order valence-electron chi connectivity index (χ0n) is 11.1. The van der Waals surface area contributed by atoms with Gasteiger partial charge in [0, 0.05) is 30.4 Å². The van der Waals surface area contributed by atoms with E-state index in [0.29, 0.717) is 0 Å². The minimum Gasteiger partial charge on any atom is -0.497 e. The average molecular weight is 254 g/mol. The molecule has 0 aromatic heterocycles. The molecule has 96 valence electrons. The van der Waals surface area contributed by atoms with Gasteiger partial charge in [-0.15, -0.1) is 0 Å². The molecule has 0 radical (unpaired) electrons. The Labute approximate surface area is 112 Å². The van der Waals surface area contributed by atoms with E-state index in [4.69, 9.17) is 4.74 Å². The highest BCUT2D eigenvalue weighted by Crippen LogP contribution is 2.36. The highest BCUT2D eigenvalue weighted by molar-refractivity contribution is 5.68. The van der Waals surface area contributed by atoms with E-state index in [1.807, 2.05) is 41.1 Å². The number of ether oxygens (including phenoxy) is 1. The quantitative estimate of drug-likeness (QED) is 0.767. The molecule has 2 aromatic rings. The first kappa shape index (κ1) is 11.7. The monoisotopic (exact) mass is 254 g/mol. The summed E-state index contributed by atoms with van der Waals surface area (Å²) in [6, 6.07) is 16.1. The van der Waals surface area contributed by atoms with Crippen molar-refractivity contribution in [3.63, 3.8) is 0 Å². The lowest BCUT2D eigenvalue weighted by Crippen LogP contribution is -2.28. The third-order valence-corrected chi connectivity index (χ3v) is 3.22. The maximum Gasteiger partial charge on any atom is 0.250 e. The number of methoxy groups -OCH3 is 1. The van der Waals surface area contributed by atoms with Crippen LogP contribution in [-0.2, 0) is 0 Å². The van der Waals surface area contributed by atoms with E-state index in [9.17, 15) is 0 Å². The lowest BCUT2D eigenvalue weighted by Gasteiger charge is -2.21. The van der Waals surface area contributed by atoms with Crippen LogP contribution < -0.4 is 9.64 Å². The van der Waals surface area contributed by atoms with Gasteiger partial charge in [-0.1, -0.05) is 22.9 Å². The minimum absolute atomic E-state index is 0.739. The van der Waals surface area contributed by atoms with Crippen molar-refractivity contribution < 1.29 is 9.43 Å². The van der Waals surface area contributed by atoms with Crippen molar-refractivity contribution >= 4 is 17.1 Å². The number of para-hydroxylation sites is 1. The zero-order valence-corrected chi connectivity index (χ0v) is 11.1. The summed E-state index contributed by atoms with van der Waals surface area (Å²) >= 11 is 0. The van der Waals surface area contributed by atoms with Gasteiger partial charge < -0.3 is 9.64 Å². The van der Waals surface area contributed by atoms with E-state index in [0.717, 1.165) is 29.5 Å². The molecule has 0 aliphatic carbocycles. The van der Waals surface area contributed by atoms with Gasteiger partial charge in [0.05, 0.1) is 12.8 Å². The number of hydrogen-bond donors (Lipinski definition) is 0. The second-order valence-electron chi connectivity index (χ2n) is 4.53. The highest BCUT2D eigenvalue weighted by atomic mass is 16.5. The fourth-order valence-corrected chi connectivity index (χ4v) is 2.21. The third kappa shape index (κ3) is 2.17. The summed E-state index contributed by atoms with van der Waals surface area (Å²) in [4.78, 5) is 2.18. The smallest absolute Gasteiger partial charge is 0.250 e. The first-order valence-electron chi connectivity index (χ1n) is 6.21. The summed E-state index contributed by atoms with van der Waals surface area (Å²) in [5, 5.41) is 4.69. The first-order valence-corrected chi connectivity index (χ1v) is 6.21. The molecule has 1 heterocycles. The molecule has 0 unspecified atom stereocenters. The molecule has 0 bridgehead atoms. The van der Waals surface area contributed by atoms with Gasteiger partial charge in [0.2, 0.25) is 5.69 Å². The van der Waals surface area contributed by atoms with Crippen LogP contribution in [-0.4, -0.2) is 25.5 Å². The Morgan fingerprint density at radius 1 is 1.16 bits per heavy atom. The van der Waals surface area contributed by atoms with Crippen LogP contribution in [0.1, 0.15) is 0 Å². The van der Waals surface area contributed by atoms with E-state index in [-0.39, 0.29) is 0 Å². The van der Waals surface area contributed by atoms with Gasteiger partial charge in [0.15, 0.2) is 5.69 Å². The number of azo groups is 2. The molecule has 0 saturated heterocycles. The van der Waals surface area contributed by atoms with Crippen LogP contribution in [0.3, 0.4) is 0 Å². The normalized spacial score (nSPS) is 13.8. The first-order chi connectivity index (χ1) is 9.28. The number of rotatable bonds is 2. The molecular weight excluding hydrogens is 238 g/mol. The van der Waals surface area contributed by atoms with Gasteiger partial charge in [0.1, 0.15) is 5.75 Å². The van der Waals surface area contributed by atoms with E-state index in [2.05, 4.69) is 29.2 Å². The Bertz CT molecular complexity index is 623. The van der Waals surface area contributed by atoms with Crippen LogP contribution >= 0.6 is 0 Å². The summed E-state index contributed by atoms with van der Waals surface area (Å²) in [7, 11) is 3.74. The van der Waals surface area contributed by atoms with Crippen LogP contribution in [0.25, 0.3) is 0 Å². The van der Waals surface area contributed by atoms with E-state index in [1.165, 1.54) is 0 Å². The molecule has 0 atom stereocenters. The van der Waals surface area contributed by atoms with Crippen molar-refractivity contribution in [2.45, 2.75) is 0 Å². The fourth-order valence-electron chi connectivity index (χ4n) is 2.21. The number of fused-ring (bicyclic) bond motifs is 1. The zero-order chi connectivity index (χ0) is 13.2. The van der Waals surface area contributed by atoms with Crippen molar-refractivity contribution in [2.75, 3.05) is 25.7 Å². The number of hydrogen-bond acceptors (Lipinski definition) is 3. The van der Waals surface area contributed by atoms with Gasteiger partial charge in [-0.3, -0.25) is 0 Å². The van der Waals surface area contributed by atoms with Crippen LogP contribution in [0, 0.1) is 0 Å². The molecule has 3 rings (SSSR count). The van der Waals surface area contributed by atoms with Crippen LogP contribution in [0.15, 0.2) is 53.6 Å².